The van der Waals surface area contributed by atoms with Gasteiger partial charge < -0.3 is 9.47 Å². The molecule has 0 amide bonds. The summed E-state index contributed by atoms with van der Waals surface area (Å²) in [6.45, 7) is 4.80. The third kappa shape index (κ3) is 3.07. The molecule has 20 heavy (non-hydrogen) atoms. The summed E-state index contributed by atoms with van der Waals surface area (Å²) in [6, 6.07) is 7.46. The molecule has 4 nitrogen and oxygen atoms in total. The van der Waals surface area contributed by atoms with Crippen LogP contribution in [0.2, 0.25) is 0 Å². The summed E-state index contributed by atoms with van der Waals surface area (Å²) >= 11 is 0. The maximum Gasteiger partial charge on any atom is 0.356 e. The largest absolute Gasteiger partial charge is 0.494 e. The summed E-state index contributed by atoms with van der Waals surface area (Å²) in [5.41, 5.74) is 2.08. The third-order valence-corrected chi connectivity index (χ3v) is 3.15. The second kappa shape index (κ2) is 6.37. The fourth-order valence-corrected chi connectivity index (χ4v) is 2.01. The number of hydrogen-bond donors (Lipinski definition) is 0. The first-order chi connectivity index (χ1) is 9.65. The number of rotatable bonds is 5. The van der Waals surface area contributed by atoms with Crippen LogP contribution in [0.5, 0.6) is 5.75 Å². The van der Waals surface area contributed by atoms with E-state index in [1.54, 1.807) is 6.07 Å². The summed E-state index contributed by atoms with van der Waals surface area (Å²) < 4.78 is 10.4. The highest BCUT2D eigenvalue weighted by Crippen LogP contribution is 2.23. The van der Waals surface area contributed by atoms with E-state index in [0.717, 1.165) is 35.1 Å². The minimum Gasteiger partial charge on any atom is -0.494 e. The molecular formula is C16H19NO3. The van der Waals surface area contributed by atoms with Crippen LogP contribution in [-0.4, -0.2) is 24.7 Å². The van der Waals surface area contributed by atoms with Crippen LogP contribution in [0.1, 0.15) is 35.8 Å². The quantitative estimate of drug-likeness (QED) is 0.618. The molecule has 0 radical (unpaired) electrons. The zero-order valence-electron chi connectivity index (χ0n) is 12.1. The maximum absolute atomic E-state index is 11.5. The zero-order valence-corrected chi connectivity index (χ0v) is 12.1. The number of carbonyl (C=O) groups is 1. The number of fused-ring (bicyclic) bond motifs is 1. The van der Waals surface area contributed by atoms with Crippen molar-refractivity contribution in [2.24, 2.45) is 0 Å². The third-order valence-electron chi connectivity index (χ3n) is 3.15. The predicted molar refractivity (Wildman–Crippen MR) is 78.2 cm³/mol. The van der Waals surface area contributed by atoms with Crippen LogP contribution in [-0.2, 0) is 4.74 Å². The normalized spacial score (nSPS) is 10.6. The number of pyridine rings is 1. The highest BCUT2D eigenvalue weighted by atomic mass is 16.5. The highest BCUT2D eigenvalue weighted by Gasteiger charge is 2.11. The van der Waals surface area contributed by atoms with Crippen molar-refractivity contribution in [2.45, 2.75) is 26.7 Å². The van der Waals surface area contributed by atoms with Gasteiger partial charge in [0.15, 0.2) is 0 Å². The summed E-state index contributed by atoms with van der Waals surface area (Å²) in [4.78, 5) is 15.9. The van der Waals surface area contributed by atoms with Crippen LogP contribution in [0.3, 0.4) is 0 Å². The molecule has 0 atom stereocenters. The molecule has 1 aromatic carbocycles. The van der Waals surface area contributed by atoms with Crippen molar-refractivity contribution in [3.05, 3.63) is 35.5 Å². The molecule has 0 saturated heterocycles. The van der Waals surface area contributed by atoms with E-state index in [1.165, 1.54) is 7.11 Å². The smallest absolute Gasteiger partial charge is 0.356 e. The maximum atomic E-state index is 11.5. The van der Waals surface area contributed by atoms with Gasteiger partial charge in [0.05, 0.1) is 19.2 Å². The SMILES string of the molecule is CCCCOc1ccc2nc(C(=O)OC)cc(C)c2c1. The number of methoxy groups -OCH3 is 1. The Morgan fingerprint density at radius 1 is 1.30 bits per heavy atom. The molecule has 1 aromatic heterocycles. The van der Waals surface area contributed by atoms with Crippen molar-refractivity contribution in [3.8, 4) is 5.75 Å². The zero-order chi connectivity index (χ0) is 14.5. The number of unbranched alkanes of at least 4 members (excludes halogenated alkanes) is 1. The van der Waals surface area contributed by atoms with E-state index < -0.39 is 5.97 Å². The standard InChI is InChI=1S/C16H19NO3/c1-4-5-8-20-12-6-7-14-13(10-12)11(2)9-15(17-14)16(18)19-3/h6-7,9-10H,4-5,8H2,1-3H3. The molecule has 0 aliphatic rings. The number of esters is 1. The van der Waals surface area contributed by atoms with E-state index in [1.807, 2.05) is 25.1 Å². The molecule has 0 aliphatic heterocycles. The van der Waals surface area contributed by atoms with Gasteiger partial charge >= 0.3 is 5.97 Å². The van der Waals surface area contributed by atoms with E-state index in [2.05, 4.69) is 11.9 Å². The molecule has 106 valence electrons. The lowest BCUT2D eigenvalue weighted by atomic mass is 10.1. The Kier molecular flexibility index (Phi) is 4.56. The minimum absolute atomic E-state index is 0.331. The van der Waals surface area contributed by atoms with Crippen LogP contribution in [0, 0.1) is 6.92 Å². The first-order valence-corrected chi connectivity index (χ1v) is 6.78. The van der Waals surface area contributed by atoms with Gasteiger partial charge in [-0.15, -0.1) is 0 Å². The van der Waals surface area contributed by atoms with E-state index >= 15 is 0 Å². The summed E-state index contributed by atoms with van der Waals surface area (Å²) in [5.74, 6) is 0.417. The Bertz CT molecular complexity index is 622. The number of aryl methyl sites for hydroxylation is 1. The molecule has 0 N–H and O–H groups in total. The summed E-state index contributed by atoms with van der Waals surface area (Å²) in [7, 11) is 1.36. The van der Waals surface area contributed by atoms with Crippen molar-refractivity contribution in [1.82, 2.24) is 4.98 Å². The number of aromatic nitrogens is 1. The van der Waals surface area contributed by atoms with Gasteiger partial charge in [0.2, 0.25) is 0 Å². The van der Waals surface area contributed by atoms with Gasteiger partial charge in [0.25, 0.3) is 0 Å². The van der Waals surface area contributed by atoms with Gasteiger partial charge in [0.1, 0.15) is 11.4 Å². The molecule has 1 heterocycles. The summed E-state index contributed by atoms with van der Waals surface area (Å²) in [6.07, 6.45) is 2.15. The lowest BCUT2D eigenvalue weighted by Crippen LogP contribution is -2.05. The van der Waals surface area contributed by atoms with Crippen LogP contribution in [0.25, 0.3) is 10.9 Å². The Morgan fingerprint density at radius 3 is 2.80 bits per heavy atom. The monoisotopic (exact) mass is 273 g/mol. The fourth-order valence-electron chi connectivity index (χ4n) is 2.01. The molecule has 0 bridgehead atoms. The average Bonchev–Trinajstić information content (AvgIpc) is 2.47. The molecule has 0 unspecified atom stereocenters. The van der Waals surface area contributed by atoms with Crippen molar-refractivity contribution in [2.75, 3.05) is 13.7 Å². The van der Waals surface area contributed by atoms with Gasteiger partial charge in [-0.1, -0.05) is 13.3 Å². The second-order valence-corrected chi connectivity index (χ2v) is 4.70. The van der Waals surface area contributed by atoms with Crippen LogP contribution in [0.4, 0.5) is 0 Å². The Hall–Kier alpha value is -2.10. The van der Waals surface area contributed by atoms with Crippen LogP contribution in [0.15, 0.2) is 24.3 Å². The first kappa shape index (κ1) is 14.3. The van der Waals surface area contributed by atoms with Crippen molar-refractivity contribution < 1.29 is 14.3 Å². The van der Waals surface area contributed by atoms with Gasteiger partial charge in [-0.3, -0.25) is 0 Å². The summed E-state index contributed by atoms with van der Waals surface area (Å²) in [5, 5.41) is 0.992. The number of carbonyl (C=O) groups excluding carboxylic acids is 1. The van der Waals surface area contributed by atoms with Gasteiger partial charge in [0, 0.05) is 5.39 Å². The second-order valence-electron chi connectivity index (χ2n) is 4.70. The van der Waals surface area contributed by atoms with E-state index in [0.29, 0.717) is 12.3 Å². The van der Waals surface area contributed by atoms with E-state index in [4.69, 9.17) is 9.47 Å². The predicted octanol–water partition coefficient (Wildman–Crippen LogP) is 3.51. The Labute approximate surface area is 118 Å². The minimum atomic E-state index is -0.418. The van der Waals surface area contributed by atoms with Gasteiger partial charge in [-0.2, -0.15) is 0 Å². The number of nitrogens with zero attached hydrogens (tertiary/aromatic N) is 1. The molecule has 4 heteroatoms. The van der Waals surface area contributed by atoms with Crippen molar-refractivity contribution in [1.29, 1.82) is 0 Å². The highest BCUT2D eigenvalue weighted by molar-refractivity contribution is 5.92. The topological polar surface area (TPSA) is 48.4 Å². The van der Waals surface area contributed by atoms with Crippen LogP contribution < -0.4 is 4.74 Å². The Balaban J connectivity index is 2.34. The first-order valence-electron chi connectivity index (χ1n) is 6.78. The molecule has 2 aromatic rings. The van der Waals surface area contributed by atoms with Crippen LogP contribution >= 0.6 is 0 Å². The fraction of sp³-hybridized carbons (Fsp3) is 0.375. The number of benzene rings is 1. The number of ether oxygens (including phenoxy) is 2. The lowest BCUT2D eigenvalue weighted by Gasteiger charge is -2.09. The number of hydrogen-bond acceptors (Lipinski definition) is 4. The molecule has 0 aliphatic carbocycles. The molecular weight excluding hydrogens is 254 g/mol. The molecule has 0 saturated carbocycles. The Morgan fingerprint density at radius 2 is 2.10 bits per heavy atom. The molecule has 2 rings (SSSR count). The van der Waals surface area contributed by atoms with Gasteiger partial charge in [-0.25, -0.2) is 9.78 Å². The average molecular weight is 273 g/mol. The van der Waals surface area contributed by atoms with Gasteiger partial charge in [-0.05, 0) is 43.2 Å². The molecule has 0 fully saturated rings. The molecule has 0 spiro atoms. The van der Waals surface area contributed by atoms with E-state index in [-0.39, 0.29) is 0 Å². The van der Waals surface area contributed by atoms with Crippen molar-refractivity contribution in [3.63, 3.8) is 0 Å². The van der Waals surface area contributed by atoms with Crippen molar-refractivity contribution >= 4 is 16.9 Å². The van der Waals surface area contributed by atoms with E-state index in [9.17, 15) is 4.79 Å². The lowest BCUT2D eigenvalue weighted by molar-refractivity contribution is 0.0594.